The number of ether oxygens (including phenoxy) is 1. The van der Waals surface area contributed by atoms with E-state index in [2.05, 4.69) is 22.5 Å². The predicted molar refractivity (Wildman–Crippen MR) is 72.5 cm³/mol. The zero-order valence-electron chi connectivity index (χ0n) is 9.83. The molecule has 0 bridgehead atoms. The molecule has 0 aliphatic rings. The van der Waals surface area contributed by atoms with Crippen molar-refractivity contribution in [3.8, 4) is 5.75 Å². The summed E-state index contributed by atoms with van der Waals surface area (Å²) in [4.78, 5) is 11.6. The number of hydrogen-bond donors (Lipinski definition) is 1. The summed E-state index contributed by atoms with van der Waals surface area (Å²) in [7, 11) is 0. The Morgan fingerprint density at radius 1 is 1.53 bits per heavy atom. The monoisotopic (exact) mass is 297 g/mol. The van der Waals surface area contributed by atoms with E-state index in [1.54, 1.807) is 18.2 Å². The van der Waals surface area contributed by atoms with Gasteiger partial charge in [-0.2, -0.15) is 0 Å². The van der Waals surface area contributed by atoms with E-state index in [9.17, 15) is 4.79 Å². The minimum Gasteiger partial charge on any atom is -0.488 e. The summed E-state index contributed by atoms with van der Waals surface area (Å²) in [5.74, 6) is 0.747. The van der Waals surface area contributed by atoms with E-state index in [-0.39, 0.29) is 5.78 Å². The van der Waals surface area contributed by atoms with Crippen LogP contribution in [0.5, 0.6) is 5.75 Å². The highest BCUT2D eigenvalue weighted by Crippen LogP contribution is 2.26. The van der Waals surface area contributed by atoms with Gasteiger partial charge in [-0.1, -0.05) is 6.58 Å². The standard InChI is InChI=1S/C13H16BrNO2/c1-9(2)8-17-13-4-3-10(7-11(13)14)12(16)5-6-15/h3-4,7H,1,5-6,8,15H2,2H3. The molecule has 0 radical (unpaired) electrons. The number of ketones is 1. The molecular weight excluding hydrogens is 282 g/mol. The maximum Gasteiger partial charge on any atom is 0.164 e. The van der Waals surface area contributed by atoms with Gasteiger partial charge >= 0.3 is 0 Å². The Kier molecular flexibility index (Phi) is 5.38. The fraction of sp³-hybridized carbons (Fsp3) is 0.308. The molecule has 0 aromatic heterocycles. The van der Waals surface area contributed by atoms with E-state index < -0.39 is 0 Å². The number of rotatable bonds is 6. The number of benzene rings is 1. The van der Waals surface area contributed by atoms with E-state index in [1.165, 1.54) is 0 Å². The first-order valence-electron chi connectivity index (χ1n) is 5.34. The zero-order chi connectivity index (χ0) is 12.8. The SMILES string of the molecule is C=C(C)COc1ccc(C(=O)CCN)cc1Br. The molecule has 1 aromatic carbocycles. The third-order valence-corrected chi connectivity index (χ3v) is 2.72. The molecule has 0 aliphatic heterocycles. The Hall–Kier alpha value is -1.13. The molecule has 3 nitrogen and oxygen atoms in total. The van der Waals surface area contributed by atoms with Crippen LogP contribution in [0.25, 0.3) is 0 Å². The minimum absolute atomic E-state index is 0.0413. The van der Waals surface area contributed by atoms with Gasteiger partial charge in [-0.3, -0.25) is 4.79 Å². The molecule has 0 atom stereocenters. The number of halogens is 1. The Labute approximate surface area is 110 Å². The van der Waals surface area contributed by atoms with Gasteiger partial charge in [0.15, 0.2) is 5.78 Å². The second kappa shape index (κ2) is 6.57. The van der Waals surface area contributed by atoms with Crippen LogP contribution in [0.3, 0.4) is 0 Å². The molecule has 0 heterocycles. The Morgan fingerprint density at radius 2 is 2.24 bits per heavy atom. The lowest BCUT2D eigenvalue weighted by atomic mass is 10.1. The summed E-state index contributed by atoms with van der Waals surface area (Å²) >= 11 is 3.38. The van der Waals surface area contributed by atoms with Gasteiger partial charge in [0.1, 0.15) is 12.4 Å². The average molecular weight is 298 g/mol. The van der Waals surface area contributed by atoms with E-state index in [1.807, 2.05) is 6.92 Å². The lowest BCUT2D eigenvalue weighted by Crippen LogP contribution is -2.08. The molecule has 0 spiro atoms. The Bertz CT molecular complexity index is 429. The molecule has 0 amide bonds. The number of carbonyl (C=O) groups excluding carboxylic acids is 1. The van der Waals surface area contributed by atoms with Crippen LogP contribution in [0.2, 0.25) is 0 Å². The molecular formula is C13H16BrNO2. The van der Waals surface area contributed by atoms with Crippen molar-refractivity contribution in [2.24, 2.45) is 5.73 Å². The lowest BCUT2D eigenvalue weighted by Gasteiger charge is -2.09. The zero-order valence-corrected chi connectivity index (χ0v) is 11.4. The fourth-order valence-corrected chi connectivity index (χ4v) is 1.76. The van der Waals surface area contributed by atoms with Gasteiger partial charge in [0, 0.05) is 12.0 Å². The Morgan fingerprint density at radius 3 is 2.76 bits per heavy atom. The molecule has 0 fully saturated rings. The quantitative estimate of drug-likeness (QED) is 0.649. The summed E-state index contributed by atoms with van der Waals surface area (Å²) in [5, 5.41) is 0. The van der Waals surface area contributed by atoms with Gasteiger partial charge in [0.2, 0.25) is 0 Å². The van der Waals surface area contributed by atoms with Crippen molar-refractivity contribution in [1.82, 2.24) is 0 Å². The van der Waals surface area contributed by atoms with Crippen molar-refractivity contribution in [3.05, 3.63) is 40.4 Å². The number of nitrogens with two attached hydrogens (primary N) is 1. The third kappa shape index (κ3) is 4.32. The summed E-state index contributed by atoms with van der Waals surface area (Å²) in [5.41, 5.74) is 6.94. The van der Waals surface area contributed by atoms with Gasteiger partial charge < -0.3 is 10.5 Å². The first kappa shape index (κ1) is 13.9. The largest absolute Gasteiger partial charge is 0.488 e. The summed E-state index contributed by atoms with van der Waals surface area (Å²) in [6, 6.07) is 5.28. The molecule has 0 unspecified atom stereocenters. The van der Waals surface area contributed by atoms with Gasteiger partial charge in [0.05, 0.1) is 4.47 Å². The van der Waals surface area contributed by atoms with Crippen molar-refractivity contribution >= 4 is 21.7 Å². The number of hydrogen-bond acceptors (Lipinski definition) is 3. The van der Waals surface area contributed by atoms with Gasteiger partial charge in [0.25, 0.3) is 0 Å². The molecule has 0 saturated carbocycles. The summed E-state index contributed by atoms with van der Waals surface area (Å²) in [6.45, 7) is 6.49. The molecule has 1 rings (SSSR count). The number of carbonyl (C=O) groups is 1. The van der Waals surface area contributed by atoms with Crippen molar-refractivity contribution in [2.75, 3.05) is 13.2 Å². The van der Waals surface area contributed by atoms with Crippen LogP contribution in [0, 0.1) is 0 Å². The highest BCUT2D eigenvalue weighted by atomic mass is 79.9. The number of Topliss-reactive ketones (excluding diaryl/α,β-unsaturated/α-hetero) is 1. The maximum atomic E-state index is 11.6. The smallest absolute Gasteiger partial charge is 0.164 e. The van der Waals surface area contributed by atoms with E-state index >= 15 is 0 Å². The van der Waals surface area contributed by atoms with Crippen LogP contribution in [0.1, 0.15) is 23.7 Å². The van der Waals surface area contributed by atoms with Crippen molar-refractivity contribution in [2.45, 2.75) is 13.3 Å². The van der Waals surface area contributed by atoms with E-state index in [4.69, 9.17) is 10.5 Å². The third-order valence-electron chi connectivity index (χ3n) is 2.10. The van der Waals surface area contributed by atoms with E-state index in [0.717, 1.165) is 10.0 Å². The van der Waals surface area contributed by atoms with Crippen molar-refractivity contribution < 1.29 is 9.53 Å². The predicted octanol–water partition coefficient (Wildman–Crippen LogP) is 2.94. The van der Waals surface area contributed by atoms with Crippen LogP contribution in [0.4, 0.5) is 0 Å². The second-order valence-corrected chi connectivity index (χ2v) is 4.71. The van der Waals surface area contributed by atoms with Crippen LogP contribution in [-0.2, 0) is 0 Å². The highest BCUT2D eigenvalue weighted by molar-refractivity contribution is 9.10. The van der Waals surface area contributed by atoms with Crippen LogP contribution >= 0.6 is 15.9 Å². The van der Waals surface area contributed by atoms with Gasteiger partial charge in [-0.15, -0.1) is 0 Å². The lowest BCUT2D eigenvalue weighted by molar-refractivity contribution is 0.0985. The summed E-state index contributed by atoms with van der Waals surface area (Å²) in [6.07, 6.45) is 0.360. The highest BCUT2D eigenvalue weighted by Gasteiger charge is 2.08. The van der Waals surface area contributed by atoms with Gasteiger partial charge in [-0.25, -0.2) is 0 Å². The molecule has 1 aromatic rings. The minimum atomic E-state index is 0.0413. The average Bonchev–Trinajstić information content (AvgIpc) is 2.27. The van der Waals surface area contributed by atoms with Crippen molar-refractivity contribution in [3.63, 3.8) is 0 Å². The van der Waals surface area contributed by atoms with Crippen molar-refractivity contribution in [1.29, 1.82) is 0 Å². The Balaban J connectivity index is 2.78. The molecule has 0 saturated heterocycles. The fourth-order valence-electron chi connectivity index (χ4n) is 1.27. The maximum absolute atomic E-state index is 11.6. The first-order chi connectivity index (χ1) is 8.04. The van der Waals surface area contributed by atoms with Crippen LogP contribution < -0.4 is 10.5 Å². The molecule has 2 N–H and O–H groups in total. The summed E-state index contributed by atoms with van der Waals surface area (Å²) < 4.78 is 6.28. The van der Waals surface area contributed by atoms with E-state index in [0.29, 0.717) is 30.9 Å². The molecule has 4 heteroatoms. The molecule has 17 heavy (non-hydrogen) atoms. The topological polar surface area (TPSA) is 52.3 Å². The van der Waals surface area contributed by atoms with Crippen LogP contribution in [0.15, 0.2) is 34.8 Å². The normalized spacial score (nSPS) is 10.1. The first-order valence-corrected chi connectivity index (χ1v) is 6.14. The molecule has 0 aliphatic carbocycles. The van der Waals surface area contributed by atoms with Gasteiger partial charge in [-0.05, 0) is 53.2 Å². The van der Waals surface area contributed by atoms with Crippen LogP contribution in [-0.4, -0.2) is 18.9 Å². The second-order valence-electron chi connectivity index (χ2n) is 3.85. The molecule has 92 valence electrons.